The zero-order valence-electron chi connectivity index (χ0n) is 18.9. The zero-order valence-corrected chi connectivity index (χ0v) is 19.7. The molecule has 31 heavy (non-hydrogen) atoms. The molecule has 8 heteroatoms. The molecule has 1 aliphatic heterocycles. The summed E-state index contributed by atoms with van der Waals surface area (Å²) < 4.78 is 16.6. The molecule has 1 N–H and O–H groups in total. The minimum absolute atomic E-state index is 0.366. The molecule has 1 aromatic carbocycles. The van der Waals surface area contributed by atoms with Crippen molar-refractivity contribution < 1.29 is 24.1 Å². The van der Waals surface area contributed by atoms with E-state index in [1.54, 1.807) is 23.5 Å². The number of carbonyl (C=O) groups excluding carboxylic acids is 1. The van der Waals surface area contributed by atoms with Crippen molar-refractivity contribution in [1.82, 2.24) is 9.88 Å². The second kappa shape index (κ2) is 10.1. The van der Waals surface area contributed by atoms with Crippen molar-refractivity contribution in [3.05, 3.63) is 34.8 Å². The van der Waals surface area contributed by atoms with Gasteiger partial charge < -0.3 is 19.3 Å². The number of methoxy groups -OCH3 is 1. The van der Waals surface area contributed by atoms with E-state index < -0.39 is 18.0 Å². The molecular formula is C23H32N2O5S. The van der Waals surface area contributed by atoms with E-state index >= 15 is 0 Å². The molecule has 1 aromatic heterocycles. The lowest BCUT2D eigenvalue weighted by molar-refractivity contribution is -0.243. The number of aryl methyl sites for hydroxylation is 1. The fraction of sp³-hybridized carbons (Fsp3) is 0.565. The van der Waals surface area contributed by atoms with Crippen LogP contribution in [0, 0.1) is 12.8 Å². The quantitative estimate of drug-likeness (QED) is 0.505. The molecule has 0 amide bonds. The van der Waals surface area contributed by atoms with E-state index in [0.29, 0.717) is 23.8 Å². The van der Waals surface area contributed by atoms with Gasteiger partial charge >= 0.3 is 5.97 Å². The monoisotopic (exact) mass is 448 g/mol. The number of hydrogen-bond donors (Lipinski definition) is 1. The number of nitrogens with zero attached hydrogens (tertiary/aromatic N) is 2. The maximum Gasteiger partial charge on any atom is 0.338 e. The predicted molar refractivity (Wildman–Crippen MR) is 120 cm³/mol. The second-order valence-electron chi connectivity index (χ2n) is 8.86. The average Bonchev–Trinajstić information content (AvgIpc) is 3.17. The molecule has 0 saturated carbocycles. The molecule has 2 aromatic rings. The number of benzene rings is 1. The summed E-state index contributed by atoms with van der Waals surface area (Å²) in [6, 6.07) is 5.42. The summed E-state index contributed by atoms with van der Waals surface area (Å²) in [7, 11) is 1.37. The van der Waals surface area contributed by atoms with Crippen LogP contribution in [0.1, 0.15) is 48.8 Å². The molecule has 1 unspecified atom stereocenters. The normalized spacial score (nSPS) is 16.8. The first-order chi connectivity index (χ1) is 14.6. The zero-order chi connectivity index (χ0) is 22.6. The van der Waals surface area contributed by atoms with Gasteiger partial charge in [0, 0.05) is 29.7 Å². The van der Waals surface area contributed by atoms with E-state index in [4.69, 9.17) is 14.2 Å². The van der Waals surface area contributed by atoms with Crippen LogP contribution in [0.4, 0.5) is 0 Å². The van der Waals surface area contributed by atoms with Gasteiger partial charge in [0.1, 0.15) is 10.8 Å². The van der Waals surface area contributed by atoms with Crippen LogP contribution in [-0.2, 0) is 9.47 Å². The van der Waals surface area contributed by atoms with Crippen LogP contribution in [0.25, 0.3) is 10.6 Å². The highest BCUT2D eigenvalue weighted by atomic mass is 32.1. The van der Waals surface area contributed by atoms with Crippen molar-refractivity contribution >= 4 is 17.3 Å². The van der Waals surface area contributed by atoms with Gasteiger partial charge in [0.2, 0.25) is 6.41 Å². The van der Waals surface area contributed by atoms with Gasteiger partial charge in [-0.1, -0.05) is 0 Å². The maximum absolute atomic E-state index is 12.1. The van der Waals surface area contributed by atoms with Gasteiger partial charge in [0.05, 0.1) is 24.9 Å². The number of hydrogen-bond acceptors (Lipinski definition) is 8. The van der Waals surface area contributed by atoms with Crippen LogP contribution in [-0.4, -0.2) is 59.8 Å². The Bertz CT molecular complexity index is 884. The molecule has 3 rings (SSSR count). The number of likely N-dealkylation sites (tertiary alicyclic amines) is 1. The predicted octanol–water partition coefficient (Wildman–Crippen LogP) is 4.09. The van der Waals surface area contributed by atoms with Crippen molar-refractivity contribution in [2.45, 2.75) is 52.6 Å². The van der Waals surface area contributed by atoms with E-state index in [0.717, 1.165) is 41.4 Å². The van der Waals surface area contributed by atoms with Gasteiger partial charge in [0.15, 0.2) is 0 Å². The summed E-state index contributed by atoms with van der Waals surface area (Å²) >= 11 is 1.57. The highest BCUT2D eigenvalue weighted by Gasteiger charge is 2.27. The second-order valence-corrected chi connectivity index (χ2v) is 10.1. The molecule has 7 nitrogen and oxygen atoms in total. The minimum atomic E-state index is -0.886. The summed E-state index contributed by atoms with van der Waals surface area (Å²) in [5.41, 5.74) is 0.894. The van der Waals surface area contributed by atoms with Crippen molar-refractivity contribution in [3.63, 3.8) is 0 Å². The van der Waals surface area contributed by atoms with Crippen LogP contribution in [0.15, 0.2) is 24.4 Å². The standard InChI is InChI=1S/C23H32N2O5S/c1-15-13-24-20(31-15)17-10-18(21(26)28-5)12-19(11-17)29-14-16-6-8-25(9-7-16)22(27)30-23(2,3)4/h10-13,16,22,27H,6-9,14H2,1-5H3. The maximum atomic E-state index is 12.1. The molecule has 1 aliphatic rings. The fourth-order valence-corrected chi connectivity index (χ4v) is 4.23. The van der Waals surface area contributed by atoms with Crippen LogP contribution in [0.3, 0.4) is 0 Å². The summed E-state index contributed by atoms with van der Waals surface area (Å²) in [5, 5.41) is 11.1. The molecule has 0 radical (unpaired) electrons. The van der Waals surface area contributed by atoms with Gasteiger partial charge in [-0.2, -0.15) is 0 Å². The third-order valence-electron chi connectivity index (χ3n) is 5.10. The summed E-state index contributed by atoms with van der Waals surface area (Å²) in [6.07, 6.45) is 2.74. The largest absolute Gasteiger partial charge is 0.493 e. The number of rotatable bonds is 7. The first-order valence-corrected chi connectivity index (χ1v) is 11.3. The van der Waals surface area contributed by atoms with E-state index in [2.05, 4.69) is 4.98 Å². The molecule has 1 saturated heterocycles. The topological polar surface area (TPSA) is 81.1 Å². The van der Waals surface area contributed by atoms with Crippen molar-refractivity contribution in [1.29, 1.82) is 0 Å². The van der Waals surface area contributed by atoms with Gasteiger partial charge in [-0.05, 0) is 64.7 Å². The van der Waals surface area contributed by atoms with E-state index in [1.807, 2.05) is 44.9 Å². The van der Waals surface area contributed by atoms with E-state index in [9.17, 15) is 9.90 Å². The molecule has 0 spiro atoms. The van der Waals surface area contributed by atoms with E-state index in [1.165, 1.54) is 7.11 Å². The smallest absolute Gasteiger partial charge is 0.338 e. The fourth-order valence-electron chi connectivity index (χ4n) is 3.48. The first-order valence-electron chi connectivity index (χ1n) is 10.5. The number of aliphatic hydroxyl groups is 1. The van der Waals surface area contributed by atoms with Gasteiger partial charge in [-0.3, -0.25) is 4.90 Å². The third kappa shape index (κ3) is 6.74. The van der Waals surface area contributed by atoms with Crippen LogP contribution in [0.2, 0.25) is 0 Å². The molecule has 0 aliphatic carbocycles. The molecule has 1 atom stereocenters. The number of esters is 1. The number of carbonyl (C=O) groups is 1. The summed E-state index contributed by atoms with van der Waals surface area (Å²) in [6.45, 7) is 9.83. The van der Waals surface area contributed by atoms with E-state index in [-0.39, 0.29) is 0 Å². The number of piperidine rings is 1. The Morgan fingerprint density at radius 3 is 2.58 bits per heavy atom. The van der Waals surface area contributed by atoms with Gasteiger partial charge in [-0.15, -0.1) is 11.3 Å². The first kappa shape index (κ1) is 23.7. The van der Waals surface area contributed by atoms with Crippen molar-refractivity contribution in [2.24, 2.45) is 5.92 Å². The molecule has 170 valence electrons. The highest BCUT2D eigenvalue weighted by Crippen LogP contribution is 2.30. The van der Waals surface area contributed by atoms with Gasteiger partial charge in [0.25, 0.3) is 0 Å². The van der Waals surface area contributed by atoms with Crippen LogP contribution in [0.5, 0.6) is 5.75 Å². The number of aromatic nitrogens is 1. The molecular weight excluding hydrogens is 416 g/mol. The number of thiazole rings is 1. The van der Waals surface area contributed by atoms with Crippen LogP contribution < -0.4 is 4.74 Å². The third-order valence-corrected chi connectivity index (χ3v) is 6.06. The van der Waals surface area contributed by atoms with Crippen molar-refractivity contribution in [2.75, 3.05) is 26.8 Å². The summed E-state index contributed by atoms with van der Waals surface area (Å²) in [4.78, 5) is 19.6. The van der Waals surface area contributed by atoms with Gasteiger partial charge in [-0.25, -0.2) is 9.78 Å². The average molecular weight is 449 g/mol. The Labute approximate surface area is 188 Å². The molecule has 0 bridgehead atoms. The SMILES string of the molecule is COC(=O)c1cc(OCC2CCN(C(O)OC(C)(C)C)CC2)cc(-c2ncc(C)s2)c1. The Morgan fingerprint density at radius 1 is 1.29 bits per heavy atom. The van der Waals surface area contributed by atoms with Crippen molar-refractivity contribution in [3.8, 4) is 16.3 Å². The number of ether oxygens (including phenoxy) is 3. The number of aliphatic hydroxyl groups excluding tert-OH is 1. The molecule has 2 heterocycles. The minimum Gasteiger partial charge on any atom is -0.493 e. The Kier molecular flexibility index (Phi) is 7.69. The lowest BCUT2D eigenvalue weighted by atomic mass is 9.98. The Balaban J connectivity index is 1.62. The lowest BCUT2D eigenvalue weighted by Crippen LogP contribution is -2.46. The Morgan fingerprint density at radius 2 is 2.00 bits per heavy atom. The Hall–Kier alpha value is -2.00. The lowest BCUT2D eigenvalue weighted by Gasteiger charge is -2.37. The molecule has 1 fully saturated rings. The highest BCUT2D eigenvalue weighted by molar-refractivity contribution is 7.14. The summed E-state index contributed by atoms with van der Waals surface area (Å²) in [5.74, 6) is 0.593. The van der Waals surface area contributed by atoms with Crippen LogP contribution >= 0.6 is 11.3 Å².